The molecule has 0 saturated carbocycles. The first-order valence-corrected chi connectivity index (χ1v) is 7.17. The number of rotatable bonds is 3. The fraction of sp³-hybridized carbons (Fsp3) is 1.00. The van der Waals surface area contributed by atoms with Gasteiger partial charge in [-0.05, 0) is 53.4 Å². The van der Waals surface area contributed by atoms with Crippen LogP contribution in [-0.2, 0) is 4.74 Å². The third-order valence-electron chi connectivity index (χ3n) is 4.25. The van der Waals surface area contributed by atoms with E-state index in [1.165, 1.54) is 32.1 Å². The van der Waals surface area contributed by atoms with E-state index in [9.17, 15) is 0 Å². The van der Waals surface area contributed by atoms with E-state index in [0.29, 0.717) is 18.2 Å². The van der Waals surface area contributed by atoms with Crippen molar-refractivity contribution in [3.05, 3.63) is 0 Å². The Morgan fingerprint density at radius 1 is 1.18 bits per heavy atom. The third kappa shape index (κ3) is 3.43. The number of hydrogen-bond donors (Lipinski definition) is 1. The first-order valence-electron chi connectivity index (χ1n) is 7.17. The van der Waals surface area contributed by atoms with Gasteiger partial charge in [0.2, 0.25) is 0 Å². The Morgan fingerprint density at radius 2 is 1.82 bits per heavy atom. The Labute approximate surface area is 106 Å². The molecule has 0 aromatic heterocycles. The molecule has 0 aromatic rings. The number of hydrogen-bond acceptors (Lipinski definition) is 3. The average molecular weight is 240 g/mol. The molecule has 2 fully saturated rings. The molecule has 0 aliphatic carbocycles. The summed E-state index contributed by atoms with van der Waals surface area (Å²) < 4.78 is 6.02. The van der Waals surface area contributed by atoms with Crippen LogP contribution in [0.15, 0.2) is 0 Å². The molecule has 3 heteroatoms. The van der Waals surface area contributed by atoms with Gasteiger partial charge in [-0.1, -0.05) is 6.42 Å². The highest BCUT2D eigenvalue weighted by atomic mass is 16.5. The molecule has 3 atom stereocenters. The highest BCUT2D eigenvalue weighted by Gasteiger charge is 2.32. The SMILES string of the molecule is CC1CCCC(C)N1NCC1CCC(C)(C)O1. The minimum Gasteiger partial charge on any atom is -0.371 e. The Balaban J connectivity index is 1.77. The van der Waals surface area contributed by atoms with E-state index >= 15 is 0 Å². The van der Waals surface area contributed by atoms with Gasteiger partial charge in [-0.2, -0.15) is 0 Å². The van der Waals surface area contributed by atoms with Crippen molar-refractivity contribution in [3.63, 3.8) is 0 Å². The van der Waals surface area contributed by atoms with Crippen LogP contribution in [0.25, 0.3) is 0 Å². The summed E-state index contributed by atoms with van der Waals surface area (Å²) in [5.41, 5.74) is 3.70. The Hall–Kier alpha value is -0.120. The lowest BCUT2D eigenvalue weighted by Gasteiger charge is -2.39. The van der Waals surface area contributed by atoms with E-state index in [-0.39, 0.29) is 5.60 Å². The van der Waals surface area contributed by atoms with Gasteiger partial charge in [0, 0.05) is 18.6 Å². The lowest BCUT2D eigenvalue weighted by molar-refractivity contribution is -0.0340. The van der Waals surface area contributed by atoms with Gasteiger partial charge in [0.1, 0.15) is 0 Å². The van der Waals surface area contributed by atoms with Crippen LogP contribution in [0.3, 0.4) is 0 Å². The van der Waals surface area contributed by atoms with E-state index in [2.05, 4.69) is 38.1 Å². The van der Waals surface area contributed by atoms with Crippen LogP contribution >= 0.6 is 0 Å². The fourth-order valence-corrected chi connectivity index (χ4v) is 3.16. The van der Waals surface area contributed by atoms with E-state index in [4.69, 9.17) is 4.74 Å². The molecule has 0 bridgehead atoms. The lowest BCUT2D eigenvalue weighted by Crippen LogP contribution is -2.53. The molecule has 0 aromatic carbocycles. The van der Waals surface area contributed by atoms with Crippen LogP contribution in [0, 0.1) is 0 Å². The molecular formula is C14H28N2O. The highest BCUT2D eigenvalue weighted by Crippen LogP contribution is 2.29. The molecule has 0 amide bonds. The highest BCUT2D eigenvalue weighted by molar-refractivity contribution is 4.83. The predicted molar refractivity (Wildman–Crippen MR) is 70.8 cm³/mol. The zero-order valence-corrected chi connectivity index (χ0v) is 11.8. The van der Waals surface area contributed by atoms with Gasteiger partial charge in [0.25, 0.3) is 0 Å². The molecule has 2 heterocycles. The van der Waals surface area contributed by atoms with Gasteiger partial charge in [0.05, 0.1) is 11.7 Å². The zero-order valence-electron chi connectivity index (χ0n) is 11.8. The molecule has 2 rings (SSSR count). The van der Waals surface area contributed by atoms with E-state index in [1.54, 1.807) is 0 Å². The Bertz CT molecular complexity index is 245. The molecule has 1 N–H and O–H groups in total. The molecule has 3 unspecified atom stereocenters. The second-order valence-corrected chi connectivity index (χ2v) is 6.44. The van der Waals surface area contributed by atoms with Crippen molar-refractivity contribution in [2.24, 2.45) is 0 Å². The van der Waals surface area contributed by atoms with Crippen LogP contribution in [0.1, 0.15) is 59.8 Å². The van der Waals surface area contributed by atoms with E-state index in [0.717, 1.165) is 6.54 Å². The maximum absolute atomic E-state index is 6.02. The van der Waals surface area contributed by atoms with E-state index < -0.39 is 0 Å². The third-order valence-corrected chi connectivity index (χ3v) is 4.25. The first-order chi connectivity index (χ1) is 7.98. The molecule has 3 nitrogen and oxygen atoms in total. The maximum atomic E-state index is 6.02. The number of hydrazine groups is 1. The van der Waals surface area contributed by atoms with Crippen LogP contribution in [0.2, 0.25) is 0 Å². The molecule has 0 spiro atoms. The quantitative estimate of drug-likeness (QED) is 0.821. The summed E-state index contributed by atoms with van der Waals surface area (Å²) in [5, 5.41) is 2.44. The summed E-state index contributed by atoms with van der Waals surface area (Å²) in [7, 11) is 0. The minimum atomic E-state index is 0.0888. The van der Waals surface area contributed by atoms with Crippen molar-refractivity contribution in [2.75, 3.05) is 6.54 Å². The first kappa shape index (κ1) is 13.3. The Kier molecular flexibility index (Phi) is 4.11. The lowest BCUT2D eigenvalue weighted by atomic mass is 10.00. The normalized spacial score (nSPS) is 38.5. The Morgan fingerprint density at radius 3 is 2.35 bits per heavy atom. The second kappa shape index (κ2) is 5.25. The largest absolute Gasteiger partial charge is 0.371 e. The summed E-state index contributed by atoms with van der Waals surface area (Å²) >= 11 is 0. The summed E-state index contributed by atoms with van der Waals surface area (Å²) in [6, 6.07) is 1.32. The van der Waals surface area contributed by atoms with Crippen molar-refractivity contribution in [1.82, 2.24) is 10.4 Å². The van der Waals surface area contributed by atoms with Crippen LogP contribution in [0.5, 0.6) is 0 Å². The van der Waals surface area contributed by atoms with Gasteiger partial charge in [0.15, 0.2) is 0 Å². The van der Waals surface area contributed by atoms with Crippen molar-refractivity contribution in [1.29, 1.82) is 0 Å². The monoisotopic (exact) mass is 240 g/mol. The van der Waals surface area contributed by atoms with Gasteiger partial charge < -0.3 is 4.74 Å². The number of ether oxygens (including phenoxy) is 1. The summed E-state index contributed by atoms with van der Waals surface area (Å²) in [5.74, 6) is 0. The molecule has 17 heavy (non-hydrogen) atoms. The molecule has 2 aliphatic heterocycles. The molecule has 2 aliphatic rings. The maximum Gasteiger partial charge on any atom is 0.0721 e. The minimum absolute atomic E-state index is 0.0888. The molecular weight excluding hydrogens is 212 g/mol. The van der Waals surface area contributed by atoms with Gasteiger partial charge in [-0.3, -0.25) is 5.43 Å². The number of nitrogens with zero attached hydrogens (tertiary/aromatic N) is 1. The summed E-state index contributed by atoms with van der Waals surface area (Å²) in [6.45, 7) is 10.0. The number of piperidine rings is 1. The van der Waals surface area contributed by atoms with Crippen molar-refractivity contribution >= 4 is 0 Å². The zero-order chi connectivity index (χ0) is 12.5. The molecule has 0 radical (unpaired) electrons. The van der Waals surface area contributed by atoms with Gasteiger partial charge >= 0.3 is 0 Å². The van der Waals surface area contributed by atoms with Crippen molar-refractivity contribution < 1.29 is 4.74 Å². The van der Waals surface area contributed by atoms with Gasteiger partial charge in [-0.25, -0.2) is 5.01 Å². The molecule has 100 valence electrons. The summed E-state index contributed by atoms with van der Waals surface area (Å²) in [6.07, 6.45) is 6.77. The molecule has 2 saturated heterocycles. The van der Waals surface area contributed by atoms with Crippen LogP contribution < -0.4 is 5.43 Å². The smallest absolute Gasteiger partial charge is 0.0721 e. The van der Waals surface area contributed by atoms with Crippen molar-refractivity contribution in [3.8, 4) is 0 Å². The van der Waals surface area contributed by atoms with Gasteiger partial charge in [-0.15, -0.1) is 0 Å². The standard InChI is InChI=1S/C14H28N2O/c1-11-6-5-7-12(2)16(11)15-10-13-8-9-14(3,4)17-13/h11-13,15H,5-10H2,1-4H3. The average Bonchev–Trinajstić information content (AvgIpc) is 2.57. The van der Waals surface area contributed by atoms with Crippen LogP contribution in [0.4, 0.5) is 0 Å². The van der Waals surface area contributed by atoms with Crippen molar-refractivity contribution in [2.45, 2.75) is 83.6 Å². The second-order valence-electron chi connectivity index (χ2n) is 6.44. The summed E-state index contributed by atoms with van der Waals surface area (Å²) in [4.78, 5) is 0. The predicted octanol–water partition coefficient (Wildman–Crippen LogP) is 2.71. The fourth-order valence-electron chi connectivity index (χ4n) is 3.16. The van der Waals surface area contributed by atoms with Crippen LogP contribution in [-0.4, -0.2) is 35.3 Å². The topological polar surface area (TPSA) is 24.5 Å². The van der Waals surface area contributed by atoms with E-state index in [1.807, 2.05) is 0 Å². The number of nitrogens with one attached hydrogen (secondary N) is 1.